The first-order valence-electron chi connectivity index (χ1n) is 6.53. The van der Waals surface area contributed by atoms with Crippen LogP contribution in [0.5, 0.6) is 0 Å². The van der Waals surface area contributed by atoms with Crippen molar-refractivity contribution >= 4 is 40.0 Å². The van der Waals surface area contributed by atoms with E-state index in [4.69, 9.17) is 10.5 Å². The summed E-state index contributed by atoms with van der Waals surface area (Å²) < 4.78 is 4.70. The molecule has 3 N–H and O–H groups in total. The fourth-order valence-electron chi connectivity index (χ4n) is 1.80. The number of thiophene rings is 1. The van der Waals surface area contributed by atoms with Crippen molar-refractivity contribution in [2.45, 2.75) is 6.92 Å². The molecule has 0 aliphatic rings. The van der Waals surface area contributed by atoms with Crippen molar-refractivity contribution in [2.24, 2.45) is 0 Å². The van der Waals surface area contributed by atoms with Crippen LogP contribution in [0.25, 0.3) is 6.08 Å². The SMILES string of the molecule is COC(=O)c1cc(C)sc1NC(=O)/C=C/c1ccc(N)cc1. The van der Waals surface area contributed by atoms with Crippen LogP contribution in [0.4, 0.5) is 10.7 Å². The molecule has 0 spiro atoms. The van der Waals surface area contributed by atoms with Crippen LogP contribution in [0, 0.1) is 6.92 Å². The molecule has 22 heavy (non-hydrogen) atoms. The molecule has 5 nitrogen and oxygen atoms in total. The second-order valence-corrected chi connectivity index (χ2v) is 5.84. The number of carbonyl (C=O) groups excluding carboxylic acids is 2. The zero-order chi connectivity index (χ0) is 16.1. The molecule has 2 aromatic rings. The smallest absolute Gasteiger partial charge is 0.340 e. The number of nitrogens with two attached hydrogens (primary N) is 1. The number of hydrogen-bond acceptors (Lipinski definition) is 5. The number of anilines is 2. The van der Waals surface area contributed by atoms with Gasteiger partial charge in [-0.2, -0.15) is 0 Å². The van der Waals surface area contributed by atoms with Gasteiger partial charge in [0.25, 0.3) is 0 Å². The third-order valence-electron chi connectivity index (χ3n) is 2.86. The summed E-state index contributed by atoms with van der Waals surface area (Å²) in [6.07, 6.45) is 3.08. The molecule has 0 atom stereocenters. The van der Waals surface area contributed by atoms with Gasteiger partial charge in [-0.05, 0) is 36.8 Å². The lowest BCUT2D eigenvalue weighted by atomic mass is 10.2. The van der Waals surface area contributed by atoms with E-state index in [9.17, 15) is 9.59 Å². The van der Waals surface area contributed by atoms with E-state index in [1.807, 2.05) is 19.1 Å². The minimum atomic E-state index is -0.470. The number of rotatable bonds is 4. The topological polar surface area (TPSA) is 81.4 Å². The van der Waals surface area contributed by atoms with Gasteiger partial charge in [-0.3, -0.25) is 4.79 Å². The summed E-state index contributed by atoms with van der Waals surface area (Å²) in [5, 5.41) is 3.18. The molecular formula is C16H16N2O3S. The fraction of sp³-hybridized carbons (Fsp3) is 0.125. The van der Waals surface area contributed by atoms with E-state index in [1.54, 1.807) is 24.3 Å². The molecule has 1 heterocycles. The molecule has 0 radical (unpaired) electrons. The number of hydrogen-bond donors (Lipinski definition) is 2. The number of esters is 1. The zero-order valence-electron chi connectivity index (χ0n) is 12.3. The standard InChI is InChI=1S/C16H16N2O3S/c1-10-9-13(16(20)21-2)15(22-10)18-14(19)8-5-11-3-6-12(17)7-4-11/h3-9H,17H2,1-2H3,(H,18,19)/b8-5+. The first-order valence-corrected chi connectivity index (χ1v) is 7.34. The number of methoxy groups -OCH3 is 1. The summed E-state index contributed by atoms with van der Waals surface area (Å²) in [6, 6.07) is 8.84. The molecule has 1 aromatic heterocycles. The monoisotopic (exact) mass is 316 g/mol. The number of amides is 1. The highest BCUT2D eigenvalue weighted by Gasteiger charge is 2.16. The Hall–Kier alpha value is -2.60. The number of nitrogens with one attached hydrogen (secondary N) is 1. The van der Waals surface area contributed by atoms with Crippen molar-refractivity contribution in [3.8, 4) is 0 Å². The van der Waals surface area contributed by atoms with Crippen molar-refractivity contribution in [1.29, 1.82) is 0 Å². The third-order valence-corrected chi connectivity index (χ3v) is 3.83. The van der Waals surface area contributed by atoms with Gasteiger partial charge in [-0.1, -0.05) is 12.1 Å². The Morgan fingerprint density at radius 2 is 1.95 bits per heavy atom. The molecule has 0 saturated heterocycles. The maximum Gasteiger partial charge on any atom is 0.340 e. The predicted octanol–water partition coefficient (Wildman–Crippen LogP) is 3.08. The Labute approximate surface area is 132 Å². The predicted molar refractivity (Wildman–Crippen MR) is 88.9 cm³/mol. The van der Waals surface area contributed by atoms with Gasteiger partial charge in [-0.15, -0.1) is 11.3 Å². The highest BCUT2D eigenvalue weighted by atomic mass is 32.1. The van der Waals surface area contributed by atoms with E-state index in [1.165, 1.54) is 24.5 Å². The molecule has 0 fully saturated rings. The first kappa shape index (κ1) is 15.8. The Morgan fingerprint density at radius 3 is 2.59 bits per heavy atom. The van der Waals surface area contributed by atoms with Gasteiger partial charge >= 0.3 is 5.97 Å². The largest absolute Gasteiger partial charge is 0.465 e. The lowest BCUT2D eigenvalue weighted by Gasteiger charge is -2.02. The van der Waals surface area contributed by atoms with Crippen molar-refractivity contribution in [1.82, 2.24) is 0 Å². The van der Waals surface area contributed by atoms with Gasteiger partial charge in [0.1, 0.15) is 5.00 Å². The lowest BCUT2D eigenvalue weighted by Crippen LogP contribution is -2.10. The molecule has 1 amide bonds. The summed E-state index contributed by atoms with van der Waals surface area (Å²) in [7, 11) is 1.31. The summed E-state index contributed by atoms with van der Waals surface area (Å²) in [5.41, 5.74) is 7.49. The number of benzene rings is 1. The van der Waals surface area contributed by atoms with E-state index >= 15 is 0 Å². The molecule has 0 aliphatic heterocycles. The maximum absolute atomic E-state index is 12.0. The molecule has 1 aromatic carbocycles. The summed E-state index contributed by atoms with van der Waals surface area (Å²) >= 11 is 1.33. The van der Waals surface area contributed by atoms with E-state index in [0.717, 1.165) is 10.4 Å². The van der Waals surface area contributed by atoms with E-state index in [2.05, 4.69) is 5.32 Å². The zero-order valence-corrected chi connectivity index (χ0v) is 13.1. The number of carbonyl (C=O) groups is 2. The van der Waals surface area contributed by atoms with E-state index < -0.39 is 5.97 Å². The Bertz CT molecular complexity index is 717. The molecule has 0 saturated carbocycles. The van der Waals surface area contributed by atoms with Crippen LogP contribution < -0.4 is 11.1 Å². The van der Waals surface area contributed by atoms with Gasteiger partial charge in [0.05, 0.1) is 12.7 Å². The lowest BCUT2D eigenvalue weighted by molar-refractivity contribution is -0.111. The summed E-state index contributed by atoms with van der Waals surface area (Å²) in [5.74, 6) is -0.786. The minimum absolute atomic E-state index is 0.316. The van der Waals surface area contributed by atoms with Crippen LogP contribution in [0.1, 0.15) is 20.8 Å². The Balaban J connectivity index is 2.09. The Kier molecular flexibility index (Phi) is 4.95. The summed E-state index contributed by atoms with van der Waals surface area (Å²) in [6.45, 7) is 1.86. The number of ether oxygens (including phenoxy) is 1. The molecule has 2 rings (SSSR count). The number of aryl methyl sites for hydroxylation is 1. The number of nitrogen functional groups attached to an aromatic ring is 1. The van der Waals surface area contributed by atoms with Crippen LogP contribution >= 0.6 is 11.3 Å². The minimum Gasteiger partial charge on any atom is -0.465 e. The van der Waals surface area contributed by atoms with Gasteiger partial charge in [0.2, 0.25) is 5.91 Å². The maximum atomic E-state index is 12.0. The highest BCUT2D eigenvalue weighted by molar-refractivity contribution is 7.16. The van der Waals surface area contributed by atoms with Crippen LogP contribution in [0.2, 0.25) is 0 Å². The third kappa shape index (κ3) is 3.95. The van der Waals surface area contributed by atoms with Gasteiger partial charge in [-0.25, -0.2) is 4.79 Å². The Morgan fingerprint density at radius 1 is 1.27 bits per heavy atom. The van der Waals surface area contributed by atoms with Crippen LogP contribution in [-0.4, -0.2) is 19.0 Å². The van der Waals surface area contributed by atoms with Gasteiger partial charge in [0.15, 0.2) is 0 Å². The normalized spacial score (nSPS) is 10.6. The molecule has 0 bridgehead atoms. The van der Waals surface area contributed by atoms with Crippen LogP contribution in [0.3, 0.4) is 0 Å². The molecular weight excluding hydrogens is 300 g/mol. The molecule has 0 unspecified atom stereocenters. The molecule has 0 aliphatic carbocycles. The van der Waals surface area contributed by atoms with Crippen molar-refractivity contribution in [3.05, 3.63) is 52.4 Å². The second-order valence-electron chi connectivity index (χ2n) is 4.58. The van der Waals surface area contributed by atoms with Gasteiger partial charge in [0, 0.05) is 16.6 Å². The van der Waals surface area contributed by atoms with Crippen LogP contribution in [-0.2, 0) is 9.53 Å². The van der Waals surface area contributed by atoms with Crippen molar-refractivity contribution in [2.75, 3.05) is 18.2 Å². The second kappa shape index (κ2) is 6.91. The molecule has 6 heteroatoms. The quantitative estimate of drug-likeness (QED) is 0.516. The van der Waals surface area contributed by atoms with Crippen molar-refractivity contribution in [3.63, 3.8) is 0 Å². The highest BCUT2D eigenvalue weighted by Crippen LogP contribution is 2.28. The van der Waals surface area contributed by atoms with E-state index in [0.29, 0.717) is 16.3 Å². The average Bonchev–Trinajstić information content (AvgIpc) is 2.86. The fourth-order valence-corrected chi connectivity index (χ4v) is 2.70. The van der Waals surface area contributed by atoms with Crippen molar-refractivity contribution < 1.29 is 14.3 Å². The summed E-state index contributed by atoms with van der Waals surface area (Å²) in [4.78, 5) is 24.5. The van der Waals surface area contributed by atoms with Gasteiger partial charge < -0.3 is 15.8 Å². The average molecular weight is 316 g/mol. The van der Waals surface area contributed by atoms with E-state index in [-0.39, 0.29) is 5.91 Å². The van der Waals surface area contributed by atoms with Crippen LogP contribution in [0.15, 0.2) is 36.4 Å². The first-order chi connectivity index (χ1) is 10.5. The molecule has 114 valence electrons.